The van der Waals surface area contributed by atoms with Crippen molar-refractivity contribution in [2.45, 2.75) is 19.3 Å². The highest BCUT2D eigenvalue weighted by Crippen LogP contribution is 2.56. The fourth-order valence-corrected chi connectivity index (χ4v) is 15.2. The zero-order valence-electron chi connectivity index (χ0n) is 51.3. The summed E-state index contributed by atoms with van der Waals surface area (Å²) in [6.07, 6.45) is 3.69. The van der Waals surface area contributed by atoms with E-state index in [4.69, 9.17) is 9.97 Å². The molecule has 0 saturated heterocycles. The number of rotatable bonds is 10. The minimum atomic E-state index is -0.415. The lowest BCUT2D eigenvalue weighted by Gasteiger charge is -2.29. The Balaban J connectivity index is 0.881. The molecule has 0 spiro atoms. The van der Waals surface area contributed by atoms with E-state index in [1.807, 2.05) is 12.4 Å². The second kappa shape index (κ2) is 21.6. The van der Waals surface area contributed by atoms with Crippen LogP contribution in [0, 0.1) is 0 Å². The number of pyridine rings is 1. The molecule has 0 saturated carbocycles. The molecule has 0 fully saturated rings. The summed E-state index contributed by atoms with van der Waals surface area (Å²) in [5, 5.41) is 12.1. The van der Waals surface area contributed by atoms with Crippen molar-refractivity contribution in [2.24, 2.45) is 0 Å². The van der Waals surface area contributed by atoms with Crippen LogP contribution in [0.1, 0.15) is 25.0 Å². The maximum absolute atomic E-state index is 5.75. The summed E-state index contributed by atoms with van der Waals surface area (Å²) < 4.78 is 2.44. The van der Waals surface area contributed by atoms with E-state index in [9.17, 15) is 0 Å². The number of aromatic nitrogens is 4. The van der Waals surface area contributed by atoms with Gasteiger partial charge < -0.3 is 4.90 Å². The molecule has 5 heteroatoms. The molecule has 17 aromatic rings. The smallest absolute Gasteiger partial charge is 0.162 e. The van der Waals surface area contributed by atoms with Gasteiger partial charge in [-0.1, -0.05) is 250 Å². The Morgan fingerprint density at radius 1 is 0.323 bits per heavy atom. The van der Waals surface area contributed by atoms with Crippen LogP contribution >= 0.6 is 0 Å². The summed E-state index contributed by atoms with van der Waals surface area (Å²) >= 11 is 0. The Bertz CT molecular complexity index is 5830. The predicted molar refractivity (Wildman–Crippen MR) is 389 cm³/mol. The standard InChI is InChI=1S/C88H59N5/c1-88(2)78-45-41-62(67-31-17-18-37-80(67)92(81-38-20-26-60-25-9-10-30-66(60)81)64-42-39-57(40-43-64)56-21-5-3-6-22-56)52-76(78)73-44-46-82-85(86(73)88)77-53-74-70-34-14-12-32-68(70)69-33-13-15-35-71(69)75(74)54-83(77)93(82)84-55-79(72-36-16-11-29-65(72)59-23-7-4-8-24-59)90-87(91-84)63-28-19-27-61(51-63)58-47-49-89-50-48-58/h3-55H,1-2H3. The van der Waals surface area contributed by atoms with E-state index in [-0.39, 0.29) is 0 Å². The summed E-state index contributed by atoms with van der Waals surface area (Å²) in [6, 6.07) is 113. The fraction of sp³-hybridized carbons (Fsp3) is 0.0341. The lowest BCUT2D eigenvalue weighted by Crippen LogP contribution is -2.15. The summed E-state index contributed by atoms with van der Waals surface area (Å²) in [4.78, 5) is 18.1. The fourth-order valence-electron chi connectivity index (χ4n) is 15.2. The van der Waals surface area contributed by atoms with Crippen molar-refractivity contribution >= 4 is 82.0 Å². The van der Waals surface area contributed by atoms with Gasteiger partial charge in [-0.3, -0.25) is 9.55 Å². The van der Waals surface area contributed by atoms with Crippen molar-refractivity contribution in [3.63, 3.8) is 0 Å². The molecule has 3 heterocycles. The number of nitrogens with zero attached hydrogens (tertiary/aromatic N) is 5. The minimum absolute atomic E-state index is 0.415. The Kier molecular flexibility index (Phi) is 12.5. The first-order chi connectivity index (χ1) is 45.9. The van der Waals surface area contributed by atoms with Crippen LogP contribution in [0.2, 0.25) is 0 Å². The number of benzene rings is 14. The number of para-hydroxylation sites is 1. The van der Waals surface area contributed by atoms with Gasteiger partial charge in [-0.15, -0.1) is 0 Å². The molecule has 0 unspecified atom stereocenters. The van der Waals surface area contributed by atoms with Crippen LogP contribution in [0.5, 0.6) is 0 Å². The van der Waals surface area contributed by atoms with Crippen LogP contribution in [0.15, 0.2) is 322 Å². The zero-order chi connectivity index (χ0) is 61.7. The molecule has 0 N–H and O–H groups in total. The Morgan fingerprint density at radius 2 is 0.882 bits per heavy atom. The lowest BCUT2D eigenvalue weighted by atomic mass is 9.80. The highest BCUT2D eigenvalue weighted by Gasteiger charge is 2.39. The third kappa shape index (κ3) is 8.80. The normalized spacial score (nSPS) is 12.5. The summed E-state index contributed by atoms with van der Waals surface area (Å²) in [6.45, 7) is 4.85. The number of hydrogen-bond acceptors (Lipinski definition) is 4. The average Bonchev–Trinajstić information content (AvgIpc) is 1.55. The molecule has 18 rings (SSSR count). The average molecular weight is 1190 g/mol. The third-order valence-electron chi connectivity index (χ3n) is 19.5. The Morgan fingerprint density at radius 3 is 1.63 bits per heavy atom. The molecule has 0 atom stereocenters. The summed E-state index contributed by atoms with van der Waals surface area (Å²) in [5.41, 5.74) is 21.9. The molecule has 1 aliphatic rings. The molecule has 1 aliphatic carbocycles. The van der Waals surface area contributed by atoms with Crippen molar-refractivity contribution in [3.05, 3.63) is 333 Å². The number of hydrogen-bond donors (Lipinski definition) is 0. The SMILES string of the molecule is CC1(C)c2ccc(-c3ccccc3N(c3ccc(-c4ccccc4)cc3)c3cccc4ccccc34)cc2-c2ccc3c(c21)c1cc2c4ccccc4c4ccccc4c2cc1n3-c1cc(-c2ccccc2-c2ccccc2)nc(-c2cccc(-c3ccncc3)c2)n1. The largest absolute Gasteiger partial charge is 0.309 e. The van der Waals surface area contributed by atoms with Crippen molar-refractivity contribution in [3.8, 4) is 84.1 Å². The molecular formula is C88H59N5. The quantitative estimate of drug-likeness (QED) is 0.128. The minimum Gasteiger partial charge on any atom is -0.309 e. The summed E-state index contributed by atoms with van der Waals surface area (Å²) in [5.74, 6) is 1.42. The number of fused-ring (bicyclic) bond motifs is 14. The maximum Gasteiger partial charge on any atom is 0.162 e. The van der Waals surface area contributed by atoms with Crippen molar-refractivity contribution < 1.29 is 0 Å². The van der Waals surface area contributed by atoms with Gasteiger partial charge in [0.2, 0.25) is 0 Å². The van der Waals surface area contributed by atoms with E-state index in [0.29, 0.717) is 5.82 Å². The number of anilines is 3. The van der Waals surface area contributed by atoms with Crippen LogP contribution in [0.3, 0.4) is 0 Å². The van der Waals surface area contributed by atoms with Gasteiger partial charge in [0.15, 0.2) is 5.82 Å². The second-order valence-electron chi connectivity index (χ2n) is 25.0. The van der Waals surface area contributed by atoms with Crippen molar-refractivity contribution in [2.75, 3.05) is 4.90 Å². The van der Waals surface area contributed by atoms with Crippen LogP contribution in [-0.4, -0.2) is 19.5 Å². The van der Waals surface area contributed by atoms with Crippen molar-refractivity contribution in [1.29, 1.82) is 0 Å². The van der Waals surface area contributed by atoms with Gasteiger partial charge >= 0.3 is 0 Å². The van der Waals surface area contributed by atoms with Gasteiger partial charge in [0, 0.05) is 62.4 Å². The third-order valence-corrected chi connectivity index (χ3v) is 19.5. The van der Waals surface area contributed by atoms with E-state index in [2.05, 4.69) is 338 Å². The molecule has 0 bridgehead atoms. The highest BCUT2D eigenvalue weighted by molar-refractivity contribution is 6.29. The van der Waals surface area contributed by atoms with Crippen LogP contribution < -0.4 is 4.90 Å². The second-order valence-corrected chi connectivity index (χ2v) is 25.0. The zero-order valence-corrected chi connectivity index (χ0v) is 51.3. The summed E-state index contributed by atoms with van der Waals surface area (Å²) in [7, 11) is 0. The maximum atomic E-state index is 5.75. The van der Waals surface area contributed by atoms with E-state index in [1.54, 1.807) is 0 Å². The Hall–Kier alpha value is -12.1. The first-order valence-electron chi connectivity index (χ1n) is 32.0. The van der Waals surface area contributed by atoms with E-state index >= 15 is 0 Å². The highest BCUT2D eigenvalue weighted by atomic mass is 15.1. The molecule has 93 heavy (non-hydrogen) atoms. The molecule has 0 aliphatic heterocycles. The van der Waals surface area contributed by atoms with E-state index in [0.717, 1.165) is 84.1 Å². The monoisotopic (exact) mass is 1190 g/mol. The van der Waals surface area contributed by atoms with Gasteiger partial charge in [-0.05, 0) is 166 Å². The predicted octanol–water partition coefficient (Wildman–Crippen LogP) is 23.4. The first-order valence-corrected chi connectivity index (χ1v) is 32.0. The molecule has 3 aromatic heterocycles. The molecule has 14 aromatic carbocycles. The first kappa shape index (κ1) is 53.9. The lowest BCUT2D eigenvalue weighted by molar-refractivity contribution is 0.666. The molecule has 5 nitrogen and oxygen atoms in total. The Labute approximate surface area is 539 Å². The van der Waals surface area contributed by atoms with Crippen molar-refractivity contribution in [1.82, 2.24) is 19.5 Å². The van der Waals surface area contributed by atoms with Gasteiger partial charge in [0.1, 0.15) is 5.82 Å². The van der Waals surface area contributed by atoms with Crippen LogP contribution in [0.4, 0.5) is 17.1 Å². The molecule has 436 valence electrons. The molecule has 0 amide bonds. The molecule has 0 radical (unpaired) electrons. The van der Waals surface area contributed by atoms with Crippen LogP contribution in [0.25, 0.3) is 149 Å². The van der Waals surface area contributed by atoms with Gasteiger partial charge in [0.05, 0.1) is 28.1 Å². The van der Waals surface area contributed by atoms with Gasteiger partial charge in [0.25, 0.3) is 0 Å². The van der Waals surface area contributed by atoms with Crippen LogP contribution in [-0.2, 0) is 5.41 Å². The van der Waals surface area contributed by atoms with E-state index < -0.39 is 5.41 Å². The molecular weight excluding hydrogens is 1130 g/mol. The van der Waals surface area contributed by atoms with Gasteiger partial charge in [-0.2, -0.15) is 0 Å². The van der Waals surface area contributed by atoms with E-state index in [1.165, 1.54) is 87.2 Å². The van der Waals surface area contributed by atoms with Gasteiger partial charge in [-0.25, -0.2) is 9.97 Å². The topological polar surface area (TPSA) is 46.8 Å².